The molecule has 0 bridgehead atoms. The first-order valence-electron chi connectivity index (χ1n) is 7.27. The standard InChI is InChI=1S/C18H21N/c1-2-14-5-3-7-16(11-14)17-8-4-6-15(12-17)13-19-18-9-10-18/h3-8,11-12,18-19H,2,9-10,13H2,1H3. The topological polar surface area (TPSA) is 12.0 Å². The average Bonchev–Trinajstić information content (AvgIpc) is 3.30. The van der Waals surface area contributed by atoms with E-state index >= 15 is 0 Å². The first kappa shape index (κ1) is 12.4. The minimum atomic E-state index is 0.770. The maximum Gasteiger partial charge on any atom is 0.0208 e. The Morgan fingerprint density at radius 2 is 1.58 bits per heavy atom. The molecule has 1 saturated carbocycles. The molecule has 0 aliphatic heterocycles. The maximum atomic E-state index is 3.57. The van der Waals surface area contributed by atoms with Gasteiger partial charge in [0.15, 0.2) is 0 Å². The molecule has 19 heavy (non-hydrogen) atoms. The molecule has 0 radical (unpaired) electrons. The second kappa shape index (κ2) is 5.58. The van der Waals surface area contributed by atoms with E-state index in [4.69, 9.17) is 0 Å². The SMILES string of the molecule is CCc1cccc(-c2cccc(CNC3CC3)c2)c1. The normalized spacial score (nSPS) is 14.6. The lowest BCUT2D eigenvalue weighted by atomic mass is 10.0. The van der Waals surface area contributed by atoms with Crippen LogP contribution < -0.4 is 5.32 Å². The van der Waals surface area contributed by atoms with Gasteiger partial charge in [-0.2, -0.15) is 0 Å². The fourth-order valence-electron chi connectivity index (χ4n) is 2.38. The third-order valence-corrected chi connectivity index (χ3v) is 3.77. The monoisotopic (exact) mass is 251 g/mol. The van der Waals surface area contributed by atoms with Crippen molar-refractivity contribution in [2.45, 2.75) is 38.8 Å². The second-order valence-corrected chi connectivity index (χ2v) is 5.41. The number of hydrogen-bond donors (Lipinski definition) is 1. The molecule has 0 spiro atoms. The van der Waals surface area contributed by atoms with Gasteiger partial charge in [0, 0.05) is 12.6 Å². The zero-order valence-electron chi connectivity index (χ0n) is 11.5. The van der Waals surface area contributed by atoms with Crippen molar-refractivity contribution >= 4 is 0 Å². The average molecular weight is 251 g/mol. The summed E-state index contributed by atoms with van der Waals surface area (Å²) in [5.41, 5.74) is 5.43. The minimum absolute atomic E-state index is 0.770. The Labute approximate surface area is 115 Å². The lowest BCUT2D eigenvalue weighted by Gasteiger charge is -2.08. The van der Waals surface area contributed by atoms with Gasteiger partial charge in [-0.15, -0.1) is 0 Å². The molecule has 0 saturated heterocycles. The molecule has 0 unspecified atom stereocenters. The van der Waals surface area contributed by atoms with Crippen LogP contribution in [0.15, 0.2) is 48.5 Å². The first-order chi connectivity index (χ1) is 9.35. The Hall–Kier alpha value is -1.60. The highest BCUT2D eigenvalue weighted by molar-refractivity contribution is 5.64. The van der Waals surface area contributed by atoms with E-state index in [9.17, 15) is 0 Å². The van der Waals surface area contributed by atoms with Crippen LogP contribution in [0.5, 0.6) is 0 Å². The molecule has 1 aliphatic rings. The van der Waals surface area contributed by atoms with E-state index in [0.717, 1.165) is 19.0 Å². The molecule has 2 aromatic rings. The van der Waals surface area contributed by atoms with Crippen molar-refractivity contribution < 1.29 is 0 Å². The number of aryl methyl sites for hydroxylation is 1. The maximum absolute atomic E-state index is 3.57. The number of hydrogen-bond acceptors (Lipinski definition) is 1. The predicted molar refractivity (Wildman–Crippen MR) is 81.1 cm³/mol. The van der Waals surface area contributed by atoms with E-state index in [1.54, 1.807) is 0 Å². The molecule has 1 N–H and O–H groups in total. The molecular weight excluding hydrogens is 230 g/mol. The van der Waals surface area contributed by atoms with Crippen molar-refractivity contribution in [2.24, 2.45) is 0 Å². The van der Waals surface area contributed by atoms with Gasteiger partial charge in [-0.1, -0.05) is 49.4 Å². The number of nitrogens with one attached hydrogen (secondary N) is 1. The van der Waals surface area contributed by atoms with Gasteiger partial charge < -0.3 is 5.32 Å². The molecule has 1 nitrogen and oxygen atoms in total. The van der Waals surface area contributed by atoms with Crippen LogP contribution in [-0.4, -0.2) is 6.04 Å². The molecule has 1 fully saturated rings. The summed E-state index contributed by atoms with van der Waals surface area (Å²) in [5, 5.41) is 3.57. The van der Waals surface area contributed by atoms with Crippen LogP contribution >= 0.6 is 0 Å². The van der Waals surface area contributed by atoms with E-state index in [2.05, 4.69) is 60.8 Å². The van der Waals surface area contributed by atoms with Crippen LogP contribution in [-0.2, 0) is 13.0 Å². The summed E-state index contributed by atoms with van der Waals surface area (Å²) in [5.74, 6) is 0. The van der Waals surface area contributed by atoms with E-state index in [-0.39, 0.29) is 0 Å². The Bertz CT molecular complexity index is 555. The quantitative estimate of drug-likeness (QED) is 0.841. The van der Waals surface area contributed by atoms with Gasteiger partial charge >= 0.3 is 0 Å². The largest absolute Gasteiger partial charge is 0.310 e. The van der Waals surface area contributed by atoms with Gasteiger partial charge in [-0.05, 0) is 47.6 Å². The molecule has 0 atom stereocenters. The van der Waals surface area contributed by atoms with Crippen molar-refractivity contribution in [3.63, 3.8) is 0 Å². The van der Waals surface area contributed by atoms with Gasteiger partial charge in [-0.25, -0.2) is 0 Å². The van der Waals surface area contributed by atoms with Crippen LogP contribution in [0.1, 0.15) is 30.9 Å². The number of rotatable bonds is 5. The van der Waals surface area contributed by atoms with Crippen LogP contribution in [0.3, 0.4) is 0 Å². The molecule has 3 rings (SSSR count). The fraction of sp³-hybridized carbons (Fsp3) is 0.333. The van der Waals surface area contributed by atoms with E-state index in [0.29, 0.717) is 0 Å². The third-order valence-electron chi connectivity index (χ3n) is 3.77. The summed E-state index contributed by atoms with van der Waals surface area (Å²) < 4.78 is 0. The van der Waals surface area contributed by atoms with Gasteiger partial charge in [0.25, 0.3) is 0 Å². The predicted octanol–water partition coefficient (Wildman–Crippen LogP) is 4.17. The van der Waals surface area contributed by atoms with E-state index in [1.807, 2.05) is 0 Å². The minimum Gasteiger partial charge on any atom is -0.310 e. The zero-order chi connectivity index (χ0) is 13.1. The summed E-state index contributed by atoms with van der Waals surface area (Å²) in [7, 11) is 0. The third kappa shape index (κ3) is 3.24. The summed E-state index contributed by atoms with van der Waals surface area (Å²) in [4.78, 5) is 0. The van der Waals surface area contributed by atoms with Crippen molar-refractivity contribution in [2.75, 3.05) is 0 Å². The van der Waals surface area contributed by atoms with Gasteiger partial charge in [0.1, 0.15) is 0 Å². The first-order valence-corrected chi connectivity index (χ1v) is 7.27. The Morgan fingerprint density at radius 1 is 0.947 bits per heavy atom. The summed E-state index contributed by atoms with van der Waals surface area (Å²) in [6.07, 6.45) is 3.78. The molecular formula is C18H21N. The smallest absolute Gasteiger partial charge is 0.0208 e. The van der Waals surface area contributed by atoms with Crippen LogP contribution in [0.25, 0.3) is 11.1 Å². The van der Waals surface area contributed by atoms with Crippen molar-refractivity contribution in [3.05, 3.63) is 59.7 Å². The molecule has 98 valence electrons. The zero-order valence-corrected chi connectivity index (χ0v) is 11.5. The van der Waals surface area contributed by atoms with Crippen LogP contribution in [0.2, 0.25) is 0 Å². The molecule has 1 heteroatoms. The van der Waals surface area contributed by atoms with Crippen LogP contribution in [0, 0.1) is 0 Å². The Morgan fingerprint density at radius 3 is 2.21 bits per heavy atom. The van der Waals surface area contributed by atoms with Crippen molar-refractivity contribution in [1.29, 1.82) is 0 Å². The summed E-state index contributed by atoms with van der Waals surface area (Å²) in [6.45, 7) is 3.20. The van der Waals surface area contributed by atoms with E-state index in [1.165, 1.54) is 35.1 Å². The molecule has 0 aromatic heterocycles. The molecule has 0 amide bonds. The highest BCUT2D eigenvalue weighted by Crippen LogP contribution is 2.23. The van der Waals surface area contributed by atoms with Gasteiger partial charge in [0.2, 0.25) is 0 Å². The molecule has 2 aromatic carbocycles. The van der Waals surface area contributed by atoms with Gasteiger partial charge in [0.05, 0.1) is 0 Å². The van der Waals surface area contributed by atoms with E-state index < -0.39 is 0 Å². The second-order valence-electron chi connectivity index (χ2n) is 5.41. The Balaban J connectivity index is 1.80. The van der Waals surface area contributed by atoms with Crippen molar-refractivity contribution in [3.8, 4) is 11.1 Å². The lowest BCUT2D eigenvalue weighted by molar-refractivity contribution is 0.688. The summed E-state index contributed by atoms with van der Waals surface area (Å²) >= 11 is 0. The molecule has 1 aliphatic carbocycles. The Kier molecular flexibility index (Phi) is 3.65. The fourth-order valence-corrected chi connectivity index (χ4v) is 2.38. The van der Waals surface area contributed by atoms with Crippen LogP contribution in [0.4, 0.5) is 0 Å². The lowest BCUT2D eigenvalue weighted by Crippen LogP contribution is -2.15. The molecule has 0 heterocycles. The van der Waals surface area contributed by atoms with Crippen molar-refractivity contribution in [1.82, 2.24) is 5.32 Å². The number of benzene rings is 2. The highest BCUT2D eigenvalue weighted by atomic mass is 14.9. The van der Waals surface area contributed by atoms with Gasteiger partial charge in [-0.3, -0.25) is 0 Å². The highest BCUT2D eigenvalue weighted by Gasteiger charge is 2.19. The summed E-state index contributed by atoms with van der Waals surface area (Å²) in [6, 6.07) is 18.5.